The van der Waals surface area contributed by atoms with Crippen LogP contribution >= 0.6 is 0 Å². The molecule has 1 heterocycles. The summed E-state index contributed by atoms with van der Waals surface area (Å²) in [5.41, 5.74) is 2.64. The smallest absolute Gasteiger partial charge is 0.307 e. The average molecular weight is 276 g/mol. The molecule has 0 aliphatic carbocycles. The molecule has 1 saturated heterocycles. The maximum absolute atomic E-state index is 10.9. The van der Waals surface area contributed by atoms with E-state index in [1.54, 1.807) is 6.92 Å². The van der Waals surface area contributed by atoms with Crippen LogP contribution in [0.25, 0.3) is 0 Å². The molecule has 20 heavy (non-hydrogen) atoms. The Morgan fingerprint density at radius 1 is 1.15 bits per heavy atom. The average Bonchev–Trinajstić information content (AvgIpc) is 2.43. The summed E-state index contributed by atoms with van der Waals surface area (Å²) >= 11 is 0. The molecule has 4 heteroatoms. The van der Waals surface area contributed by atoms with Crippen molar-refractivity contribution in [1.29, 1.82) is 0 Å². The van der Waals surface area contributed by atoms with E-state index in [2.05, 4.69) is 41.0 Å². The largest absolute Gasteiger partial charge is 0.481 e. The van der Waals surface area contributed by atoms with Gasteiger partial charge in [-0.1, -0.05) is 36.8 Å². The maximum Gasteiger partial charge on any atom is 0.307 e. The molecule has 1 aromatic rings. The van der Waals surface area contributed by atoms with Crippen molar-refractivity contribution in [2.75, 3.05) is 32.7 Å². The van der Waals surface area contributed by atoms with Gasteiger partial charge in [-0.05, 0) is 12.5 Å². The van der Waals surface area contributed by atoms with Gasteiger partial charge >= 0.3 is 5.97 Å². The first kappa shape index (κ1) is 15.0. The fourth-order valence-corrected chi connectivity index (χ4v) is 2.55. The van der Waals surface area contributed by atoms with Gasteiger partial charge in [0.25, 0.3) is 0 Å². The summed E-state index contributed by atoms with van der Waals surface area (Å²) in [6, 6.07) is 8.68. The Bertz CT molecular complexity index is 436. The molecule has 1 aliphatic rings. The van der Waals surface area contributed by atoms with E-state index in [-0.39, 0.29) is 5.92 Å². The lowest BCUT2D eigenvalue weighted by atomic mass is 10.1. The molecule has 1 atom stereocenters. The number of carboxylic acid groups (broad SMARTS) is 1. The van der Waals surface area contributed by atoms with Crippen molar-refractivity contribution < 1.29 is 9.90 Å². The highest BCUT2D eigenvalue weighted by atomic mass is 16.4. The zero-order valence-corrected chi connectivity index (χ0v) is 12.4. The minimum absolute atomic E-state index is 0.279. The lowest BCUT2D eigenvalue weighted by Gasteiger charge is -2.35. The number of carboxylic acids is 1. The van der Waals surface area contributed by atoms with Gasteiger partial charge < -0.3 is 5.11 Å². The van der Waals surface area contributed by atoms with Crippen molar-refractivity contribution >= 4 is 5.97 Å². The van der Waals surface area contributed by atoms with Crippen LogP contribution in [0.15, 0.2) is 24.3 Å². The molecule has 1 aromatic carbocycles. The minimum Gasteiger partial charge on any atom is -0.481 e. The Hall–Kier alpha value is -1.39. The second-order valence-electron chi connectivity index (χ2n) is 5.80. The monoisotopic (exact) mass is 276 g/mol. The standard InChI is InChI=1S/C16H24N2O2/c1-13-3-5-15(6-4-13)12-18-9-7-17(8-10-18)11-14(2)16(19)20/h3-6,14H,7-12H2,1-2H3,(H,19,20). The normalized spacial score (nSPS) is 18.9. The van der Waals surface area contributed by atoms with Gasteiger partial charge in [-0.15, -0.1) is 0 Å². The molecule has 0 aromatic heterocycles. The zero-order chi connectivity index (χ0) is 14.5. The molecule has 1 N–H and O–H groups in total. The quantitative estimate of drug-likeness (QED) is 0.891. The van der Waals surface area contributed by atoms with E-state index in [0.717, 1.165) is 32.7 Å². The van der Waals surface area contributed by atoms with Crippen molar-refractivity contribution in [3.63, 3.8) is 0 Å². The first-order chi connectivity index (χ1) is 9.54. The second-order valence-corrected chi connectivity index (χ2v) is 5.80. The van der Waals surface area contributed by atoms with Crippen molar-refractivity contribution in [2.45, 2.75) is 20.4 Å². The maximum atomic E-state index is 10.9. The molecule has 2 rings (SSSR count). The topological polar surface area (TPSA) is 43.8 Å². The number of nitrogens with zero attached hydrogens (tertiary/aromatic N) is 2. The molecule has 0 spiro atoms. The fraction of sp³-hybridized carbons (Fsp3) is 0.562. The lowest BCUT2D eigenvalue weighted by Crippen LogP contribution is -2.47. The third-order valence-corrected chi connectivity index (χ3v) is 3.95. The highest BCUT2D eigenvalue weighted by Gasteiger charge is 2.21. The highest BCUT2D eigenvalue weighted by Crippen LogP contribution is 2.11. The Kier molecular flexibility index (Phi) is 5.15. The molecule has 0 radical (unpaired) electrons. The summed E-state index contributed by atoms with van der Waals surface area (Å²) in [4.78, 5) is 15.6. The number of hydrogen-bond donors (Lipinski definition) is 1. The van der Waals surface area contributed by atoms with Crippen LogP contribution in [0.1, 0.15) is 18.1 Å². The van der Waals surface area contributed by atoms with E-state index < -0.39 is 5.97 Å². The van der Waals surface area contributed by atoms with Crippen LogP contribution in [-0.2, 0) is 11.3 Å². The zero-order valence-electron chi connectivity index (χ0n) is 12.4. The summed E-state index contributed by atoms with van der Waals surface area (Å²) in [6.07, 6.45) is 0. The van der Waals surface area contributed by atoms with Crippen LogP contribution in [0.4, 0.5) is 0 Å². The van der Waals surface area contributed by atoms with Crippen LogP contribution in [0, 0.1) is 12.8 Å². The van der Waals surface area contributed by atoms with Crippen molar-refractivity contribution in [3.8, 4) is 0 Å². The third kappa shape index (κ3) is 4.32. The van der Waals surface area contributed by atoms with Gasteiger partial charge in [-0.3, -0.25) is 14.6 Å². The van der Waals surface area contributed by atoms with Crippen LogP contribution in [0.5, 0.6) is 0 Å². The van der Waals surface area contributed by atoms with Gasteiger partial charge in [0, 0.05) is 39.3 Å². The summed E-state index contributed by atoms with van der Waals surface area (Å²) < 4.78 is 0. The molecular weight excluding hydrogens is 252 g/mol. The highest BCUT2D eigenvalue weighted by molar-refractivity contribution is 5.69. The molecular formula is C16H24N2O2. The van der Waals surface area contributed by atoms with Crippen LogP contribution in [0.3, 0.4) is 0 Å². The molecule has 0 saturated carbocycles. The Balaban J connectivity index is 1.76. The number of carbonyl (C=O) groups is 1. The van der Waals surface area contributed by atoms with Gasteiger partial charge in [0.2, 0.25) is 0 Å². The van der Waals surface area contributed by atoms with Crippen LogP contribution in [-0.4, -0.2) is 53.6 Å². The van der Waals surface area contributed by atoms with Gasteiger partial charge in [0.05, 0.1) is 5.92 Å². The number of piperazine rings is 1. The molecule has 1 aliphatic heterocycles. The van der Waals surface area contributed by atoms with E-state index in [9.17, 15) is 4.79 Å². The summed E-state index contributed by atoms with van der Waals surface area (Å²) in [7, 11) is 0. The molecule has 4 nitrogen and oxygen atoms in total. The molecule has 0 amide bonds. The number of hydrogen-bond acceptors (Lipinski definition) is 3. The third-order valence-electron chi connectivity index (χ3n) is 3.95. The van der Waals surface area contributed by atoms with Crippen molar-refractivity contribution in [3.05, 3.63) is 35.4 Å². The van der Waals surface area contributed by atoms with Crippen LogP contribution < -0.4 is 0 Å². The van der Waals surface area contributed by atoms with Crippen LogP contribution in [0.2, 0.25) is 0 Å². The number of benzene rings is 1. The first-order valence-corrected chi connectivity index (χ1v) is 7.27. The number of aliphatic carboxylic acids is 1. The summed E-state index contributed by atoms with van der Waals surface area (Å²) in [5, 5.41) is 8.94. The predicted molar refractivity (Wildman–Crippen MR) is 79.7 cm³/mol. The van der Waals surface area contributed by atoms with E-state index in [1.165, 1.54) is 11.1 Å². The lowest BCUT2D eigenvalue weighted by molar-refractivity contribution is -0.141. The fourth-order valence-electron chi connectivity index (χ4n) is 2.55. The molecule has 1 fully saturated rings. The van der Waals surface area contributed by atoms with Crippen molar-refractivity contribution in [2.24, 2.45) is 5.92 Å². The van der Waals surface area contributed by atoms with Gasteiger partial charge in [0.15, 0.2) is 0 Å². The summed E-state index contributed by atoms with van der Waals surface area (Å²) in [5.74, 6) is -0.981. The molecule has 110 valence electrons. The number of rotatable bonds is 5. The van der Waals surface area contributed by atoms with Gasteiger partial charge in [-0.25, -0.2) is 0 Å². The predicted octanol–water partition coefficient (Wildman–Crippen LogP) is 1.83. The van der Waals surface area contributed by atoms with Gasteiger partial charge in [-0.2, -0.15) is 0 Å². The second kappa shape index (κ2) is 6.86. The Morgan fingerprint density at radius 2 is 1.70 bits per heavy atom. The van der Waals surface area contributed by atoms with E-state index >= 15 is 0 Å². The van der Waals surface area contributed by atoms with Gasteiger partial charge in [0.1, 0.15) is 0 Å². The van der Waals surface area contributed by atoms with E-state index in [4.69, 9.17) is 5.11 Å². The first-order valence-electron chi connectivity index (χ1n) is 7.27. The molecule has 1 unspecified atom stereocenters. The summed E-state index contributed by atoms with van der Waals surface area (Å²) in [6.45, 7) is 9.48. The Morgan fingerprint density at radius 3 is 2.25 bits per heavy atom. The van der Waals surface area contributed by atoms with E-state index in [1.807, 2.05) is 0 Å². The molecule has 0 bridgehead atoms. The Labute approximate surface area is 121 Å². The SMILES string of the molecule is Cc1ccc(CN2CCN(CC(C)C(=O)O)CC2)cc1. The van der Waals surface area contributed by atoms with E-state index in [0.29, 0.717) is 6.54 Å². The van der Waals surface area contributed by atoms with Crippen molar-refractivity contribution in [1.82, 2.24) is 9.80 Å². The minimum atomic E-state index is -0.702. The number of aryl methyl sites for hydroxylation is 1.